The van der Waals surface area contributed by atoms with Crippen molar-refractivity contribution in [1.82, 2.24) is 8.75 Å². The molecule has 0 amide bonds. The van der Waals surface area contributed by atoms with Crippen LogP contribution in [0, 0.1) is 20.8 Å². The van der Waals surface area contributed by atoms with Crippen LogP contribution in [0.2, 0.25) is 0 Å². The van der Waals surface area contributed by atoms with E-state index in [1.165, 1.54) is 16.7 Å². The Bertz CT molecular complexity index is 503. The molecule has 0 unspecified atom stereocenters. The highest BCUT2D eigenvalue weighted by Gasteiger charge is 2.11. The largest absolute Gasteiger partial charge is 0.381 e. The molecule has 2 rings (SSSR count). The lowest BCUT2D eigenvalue weighted by Crippen LogP contribution is -1.93. The molecule has 2 N–H and O–H groups in total. The van der Waals surface area contributed by atoms with E-state index >= 15 is 0 Å². The molecule has 0 fully saturated rings. The van der Waals surface area contributed by atoms with Gasteiger partial charge < -0.3 is 5.73 Å². The minimum atomic E-state index is 0.520. The quantitative estimate of drug-likeness (QED) is 0.802. The Morgan fingerprint density at radius 2 is 1.67 bits per heavy atom. The molecule has 0 aliphatic carbocycles. The van der Waals surface area contributed by atoms with Crippen LogP contribution < -0.4 is 5.73 Å². The maximum atomic E-state index is 5.77. The SMILES string of the molecule is Cc1cc(C)c(-c2nsnc2N)cc1C. The van der Waals surface area contributed by atoms with Gasteiger partial charge in [-0.2, -0.15) is 8.75 Å². The fourth-order valence-electron chi connectivity index (χ4n) is 1.60. The number of hydrogen-bond acceptors (Lipinski definition) is 4. The third kappa shape index (κ3) is 1.72. The average molecular weight is 219 g/mol. The van der Waals surface area contributed by atoms with Crippen LogP contribution in [-0.2, 0) is 0 Å². The topological polar surface area (TPSA) is 51.8 Å². The molecular formula is C11H13N3S. The Balaban J connectivity index is 2.64. The molecule has 0 radical (unpaired) electrons. The number of anilines is 1. The summed E-state index contributed by atoms with van der Waals surface area (Å²) in [6.45, 7) is 6.27. The highest BCUT2D eigenvalue weighted by molar-refractivity contribution is 6.99. The summed E-state index contributed by atoms with van der Waals surface area (Å²) in [5, 5.41) is 0. The van der Waals surface area contributed by atoms with Crippen molar-refractivity contribution in [2.24, 2.45) is 0 Å². The van der Waals surface area contributed by atoms with Crippen LogP contribution in [-0.4, -0.2) is 8.75 Å². The molecular weight excluding hydrogens is 206 g/mol. The van der Waals surface area contributed by atoms with Crippen molar-refractivity contribution < 1.29 is 0 Å². The third-order valence-corrected chi connectivity index (χ3v) is 3.15. The molecule has 0 atom stereocenters. The Morgan fingerprint density at radius 3 is 2.27 bits per heavy atom. The van der Waals surface area contributed by atoms with Crippen molar-refractivity contribution in [2.75, 3.05) is 5.73 Å². The van der Waals surface area contributed by atoms with E-state index in [-0.39, 0.29) is 0 Å². The van der Waals surface area contributed by atoms with Crippen LogP contribution in [0.15, 0.2) is 12.1 Å². The van der Waals surface area contributed by atoms with Crippen molar-refractivity contribution in [3.8, 4) is 11.3 Å². The van der Waals surface area contributed by atoms with E-state index < -0.39 is 0 Å². The van der Waals surface area contributed by atoms with Crippen molar-refractivity contribution in [3.05, 3.63) is 28.8 Å². The molecule has 0 saturated heterocycles. The van der Waals surface area contributed by atoms with Crippen molar-refractivity contribution in [2.45, 2.75) is 20.8 Å². The van der Waals surface area contributed by atoms with Gasteiger partial charge in [-0.25, -0.2) is 0 Å². The van der Waals surface area contributed by atoms with Crippen molar-refractivity contribution in [3.63, 3.8) is 0 Å². The number of hydrogen-bond donors (Lipinski definition) is 1. The van der Waals surface area contributed by atoms with Crippen LogP contribution in [0.3, 0.4) is 0 Å². The zero-order chi connectivity index (χ0) is 11.0. The van der Waals surface area contributed by atoms with Gasteiger partial charge in [0.1, 0.15) is 5.69 Å². The van der Waals surface area contributed by atoms with Crippen LogP contribution in [0.5, 0.6) is 0 Å². The number of rotatable bonds is 1. The first-order chi connectivity index (χ1) is 7.09. The van der Waals surface area contributed by atoms with Gasteiger partial charge >= 0.3 is 0 Å². The summed E-state index contributed by atoms with van der Waals surface area (Å²) in [7, 11) is 0. The first-order valence-corrected chi connectivity index (χ1v) is 5.49. The minimum absolute atomic E-state index is 0.520. The van der Waals surface area contributed by atoms with Gasteiger partial charge in [0.2, 0.25) is 0 Å². The van der Waals surface area contributed by atoms with Crippen LogP contribution >= 0.6 is 11.7 Å². The summed E-state index contributed by atoms with van der Waals surface area (Å²) in [5.74, 6) is 0.520. The lowest BCUT2D eigenvalue weighted by atomic mass is 9.99. The maximum Gasteiger partial charge on any atom is 0.165 e. The second kappa shape index (κ2) is 3.62. The molecule has 15 heavy (non-hydrogen) atoms. The zero-order valence-corrected chi connectivity index (χ0v) is 9.85. The number of aromatic nitrogens is 2. The van der Waals surface area contributed by atoms with E-state index in [1.807, 2.05) is 0 Å². The molecule has 2 aromatic rings. The number of nitrogens with two attached hydrogens (primary N) is 1. The van der Waals surface area contributed by atoms with E-state index in [2.05, 4.69) is 41.7 Å². The maximum absolute atomic E-state index is 5.77. The smallest absolute Gasteiger partial charge is 0.165 e. The van der Waals surface area contributed by atoms with Crippen molar-refractivity contribution in [1.29, 1.82) is 0 Å². The zero-order valence-electron chi connectivity index (χ0n) is 9.03. The van der Waals surface area contributed by atoms with E-state index in [1.54, 1.807) is 0 Å². The first-order valence-electron chi connectivity index (χ1n) is 4.76. The minimum Gasteiger partial charge on any atom is -0.381 e. The van der Waals surface area contributed by atoms with Gasteiger partial charge in [0.05, 0.1) is 11.7 Å². The predicted octanol–water partition coefficient (Wildman–Crippen LogP) is 2.71. The average Bonchev–Trinajstić information content (AvgIpc) is 2.58. The molecule has 4 heteroatoms. The van der Waals surface area contributed by atoms with E-state index in [0.29, 0.717) is 5.82 Å². The van der Waals surface area contributed by atoms with Gasteiger partial charge in [-0.15, -0.1) is 0 Å². The standard InChI is InChI=1S/C11H13N3S/c1-6-4-8(3)9(5-7(6)2)10-11(12)14-15-13-10/h4-5H,1-3H3,(H2,12,14). The molecule has 0 bridgehead atoms. The normalized spacial score (nSPS) is 10.6. The Morgan fingerprint density at radius 1 is 1.00 bits per heavy atom. The van der Waals surface area contributed by atoms with Gasteiger partial charge in [-0.1, -0.05) is 6.07 Å². The van der Waals surface area contributed by atoms with E-state index in [9.17, 15) is 0 Å². The molecule has 1 aromatic heterocycles. The van der Waals surface area contributed by atoms with Gasteiger partial charge in [0.25, 0.3) is 0 Å². The number of nitrogen functional groups attached to an aromatic ring is 1. The highest BCUT2D eigenvalue weighted by atomic mass is 32.1. The number of benzene rings is 1. The molecule has 1 heterocycles. The summed E-state index contributed by atoms with van der Waals surface area (Å²) in [6, 6.07) is 4.28. The first kappa shape index (κ1) is 10.1. The molecule has 1 aromatic carbocycles. The van der Waals surface area contributed by atoms with Crippen molar-refractivity contribution >= 4 is 17.5 Å². The Labute approximate surface area is 93.3 Å². The monoisotopic (exact) mass is 219 g/mol. The Kier molecular flexibility index (Phi) is 2.44. The predicted molar refractivity (Wildman–Crippen MR) is 64.0 cm³/mol. The molecule has 3 nitrogen and oxygen atoms in total. The fraction of sp³-hybridized carbons (Fsp3) is 0.273. The van der Waals surface area contributed by atoms with Gasteiger partial charge in [0, 0.05) is 5.56 Å². The molecule has 0 aliphatic rings. The van der Waals surface area contributed by atoms with Crippen LogP contribution in [0.25, 0.3) is 11.3 Å². The van der Waals surface area contributed by atoms with Gasteiger partial charge in [-0.05, 0) is 43.5 Å². The summed E-state index contributed by atoms with van der Waals surface area (Å²) < 4.78 is 8.22. The van der Waals surface area contributed by atoms with E-state index in [4.69, 9.17) is 5.73 Å². The molecule has 0 saturated carbocycles. The number of aryl methyl sites for hydroxylation is 3. The molecule has 0 aliphatic heterocycles. The van der Waals surface area contributed by atoms with Crippen LogP contribution in [0.4, 0.5) is 5.82 Å². The fourth-order valence-corrected chi connectivity index (χ4v) is 2.09. The molecule has 0 spiro atoms. The summed E-state index contributed by atoms with van der Waals surface area (Å²) in [5.41, 5.74) is 11.4. The molecule has 78 valence electrons. The Hall–Kier alpha value is -1.42. The number of nitrogens with zero attached hydrogens (tertiary/aromatic N) is 2. The van der Waals surface area contributed by atoms with Crippen LogP contribution in [0.1, 0.15) is 16.7 Å². The van der Waals surface area contributed by atoms with Gasteiger partial charge in [-0.3, -0.25) is 0 Å². The second-order valence-corrected chi connectivity index (χ2v) is 4.28. The summed E-state index contributed by atoms with van der Waals surface area (Å²) in [6.07, 6.45) is 0. The summed E-state index contributed by atoms with van der Waals surface area (Å²) >= 11 is 1.15. The third-order valence-electron chi connectivity index (χ3n) is 2.61. The van der Waals surface area contributed by atoms with Gasteiger partial charge in [0.15, 0.2) is 5.82 Å². The lowest BCUT2D eigenvalue weighted by molar-refractivity contribution is 1.29. The highest BCUT2D eigenvalue weighted by Crippen LogP contribution is 2.28. The second-order valence-electron chi connectivity index (χ2n) is 3.75. The van der Waals surface area contributed by atoms with E-state index in [0.717, 1.165) is 23.0 Å². The lowest BCUT2D eigenvalue weighted by Gasteiger charge is -2.07. The summed E-state index contributed by atoms with van der Waals surface area (Å²) in [4.78, 5) is 0.